The van der Waals surface area contributed by atoms with E-state index in [-0.39, 0.29) is 11.2 Å². The minimum absolute atomic E-state index is 0.0515. The van der Waals surface area contributed by atoms with Gasteiger partial charge in [0.15, 0.2) is 0 Å². The maximum Gasteiger partial charge on any atom is 0.288 e. The highest BCUT2D eigenvalue weighted by molar-refractivity contribution is 9.10. The van der Waals surface area contributed by atoms with Crippen LogP contribution >= 0.6 is 15.9 Å². The van der Waals surface area contributed by atoms with Crippen LogP contribution in [0, 0.1) is 10.1 Å². The van der Waals surface area contributed by atoms with E-state index in [0.29, 0.717) is 16.8 Å². The number of nitrogens with two attached hydrogens (primary N) is 1. The second-order valence-corrected chi connectivity index (χ2v) is 4.98. The van der Waals surface area contributed by atoms with Gasteiger partial charge in [-0.15, -0.1) is 0 Å². The number of anilines is 1. The lowest BCUT2D eigenvalue weighted by molar-refractivity contribution is -0.385. The summed E-state index contributed by atoms with van der Waals surface area (Å²) in [5, 5.41) is 13.5. The molecule has 0 amide bonds. The fraction of sp³-hybridized carbons (Fsp3) is 0.444. The third-order valence-electron chi connectivity index (χ3n) is 1.75. The first kappa shape index (κ1) is 12.9. The standard InChI is InChI=1S/C9H13BrN4O2/c1-9(2,11)5-13-8-7(10)3-6(4-12-8)14(15)16/h3-4H,5,11H2,1-2H3,(H,12,13). The molecule has 6 nitrogen and oxygen atoms in total. The van der Waals surface area contributed by atoms with Gasteiger partial charge in [-0.2, -0.15) is 0 Å². The van der Waals surface area contributed by atoms with Crippen molar-refractivity contribution in [2.45, 2.75) is 19.4 Å². The molecule has 0 saturated carbocycles. The molecule has 0 fully saturated rings. The molecule has 7 heteroatoms. The maximum absolute atomic E-state index is 10.5. The smallest absolute Gasteiger partial charge is 0.288 e. The zero-order valence-corrected chi connectivity index (χ0v) is 10.6. The highest BCUT2D eigenvalue weighted by Crippen LogP contribution is 2.24. The summed E-state index contributed by atoms with van der Waals surface area (Å²) in [6, 6.07) is 1.40. The van der Waals surface area contributed by atoms with Crippen molar-refractivity contribution in [3.8, 4) is 0 Å². The normalized spacial score (nSPS) is 11.2. The van der Waals surface area contributed by atoms with E-state index in [1.807, 2.05) is 13.8 Å². The Hall–Kier alpha value is -1.21. The summed E-state index contributed by atoms with van der Waals surface area (Å²) in [6.45, 7) is 4.27. The van der Waals surface area contributed by atoms with Crippen LogP contribution in [0.15, 0.2) is 16.7 Å². The van der Waals surface area contributed by atoms with E-state index in [9.17, 15) is 10.1 Å². The summed E-state index contributed by atoms with van der Waals surface area (Å²) in [5.41, 5.74) is 5.37. The lowest BCUT2D eigenvalue weighted by atomic mass is 10.1. The minimum Gasteiger partial charge on any atom is -0.367 e. The van der Waals surface area contributed by atoms with Crippen LogP contribution in [0.4, 0.5) is 11.5 Å². The molecule has 0 aliphatic carbocycles. The van der Waals surface area contributed by atoms with Gasteiger partial charge in [0, 0.05) is 18.2 Å². The first-order valence-electron chi connectivity index (χ1n) is 4.62. The number of nitrogens with one attached hydrogen (secondary N) is 1. The number of hydrogen-bond donors (Lipinski definition) is 2. The molecular formula is C9H13BrN4O2. The van der Waals surface area contributed by atoms with Gasteiger partial charge in [-0.25, -0.2) is 4.98 Å². The quantitative estimate of drug-likeness (QED) is 0.652. The fourth-order valence-electron chi connectivity index (χ4n) is 0.969. The van der Waals surface area contributed by atoms with Gasteiger partial charge in [-0.3, -0.25) is 10.1 Å². The molecule has 0 radical (unpaired) electrons. The Morgan fingerprint density at radius 3 is 2.75 bits per heavy atom. The molecule has 1 aromatic heterocycles. The van der Waals surface area contributed by atoms with Crippen LogP contribution < -0.4 is 11.1 Å². The Kier molecular flexibility index (Phi) is 3.82. The summed E-state index contributed by atoms with van der Waals surface area (Å²) in [6.07, 6.45) is 1.20. The van der Waals surface area contributed by atoms with E-state index in [0.717, 1.165) is 0 Å². The SMILES string of the molecule is CC(C)(N)CNc1ncc([N+](=O)[O-])cc1Br. The largest absolute Gasteiger partial charge is 0.367 e. The molecule has 0 saturated heterocycles. The number of aromatic nitrogens is 1. The first-order valence-corrected chi connectivity index (χ1v) is 5.41. The van der Waals surface area contributed by atoms with Gasteiger partial charge in [0.2, 0.25) is 0 Å². The third-order valence-corrected chi connectivity index (χ3v) is 2.35. The van der Waals surface area contributed by atoms with Crippen molar-refractivity contribution in [1.82, 2.24) is 4.98 Å². The van der Waals surface area contributed by atoms with Gasteiger partial charge >= 0.3 is 0 Å². The molecule has 3 N–H and O–H groups in total. The molecule has 0 spiro atoms. The summed E-state index contributed by atoms with van der Waals surface area (Å²) >= 11 is 3.21. The second-order valence-electron chi connectivity index (χ2n) is 4.12. The minimum atomic E-state index is -0.492. The highest BCUT2D eigenvalue weighted by Gasteiger charge is 2.14. The van der Waals surface area contributed by atoms with Crippen LogP contribution in [0.5, 0.6) is 0 Å². The van der Waals surface area contributed by atoms with Crippen molar-refractivity contribution in [3.63, 3.8) is 0 Å². The van der Waals surface area contributed by atoms with E-state index in [1.165, 1.54) is 12.3 Å². The summed E-state index contributed by atoms with van der Waals surface area (Å²) in [4.78, 5) is 13.9. The molecule has 0 aliphatic heterocycles. The molecule has 0 aliphatic rings. The van der Waals surface area contributed by atoms with E-state index in [4.69, 9.17) is 5.73 Å². The Labute approximate surface area is 102 Å². The molecule has 0 atom stereocenters. The molecule has 16 heavy (non-hydrogen) atoms. The van der Waals surface area contributed by atoms with Crippen molar-refractivity contribution >= 4 is 27.4 Å². The molecular weight excluding hydrogens is 276 g/mol. The first-order chi connectivity index (χ1) is 7.29. The molecule has 1 rings (SSSR count). The lowest BCUT2D eigenvalue weighted by Gasteiger charge is -2.19. The van der Waals surface area contributed by atoms with Crippen LogP contribution in [-0.4, -0.2) is 22.0 Å². The summed E-state index contributed by atoms with van der Waals surface area (Å²) in [7, 11) is 0. The monoisotopic (exact) mass is 288 g/mol. The molecule has 0 aromatic carbocycles. The number of nitro groups is 1. The average molecular weight is 289 g/mol. The van der Waals surface area contributed by atoms with Crippen molar-refractivity contribution in [3.05, 3.63) is 26.9 Å². The van der Waals surface area contributed by atoms with Crippen molar-refractivity contribution in [2.75, 3.05) is 11.9 Å². The Bertz CT molecular complexity index is 403. The number of hydrogen-bond acceptors (Lipinski definition) is 5. The van der Waals surface area contributed by atoms with Gasteiger partial charge in [0.1, 0.15) is 12.0 Å². The summed E-state index contributed by atoms with van der Waals surface area (Å²) < 4.78 is 0.547. The topological polar surface area (TPSA) is 94.1 Å². The number of nitrogens with zero attached hydrogens (tertiary/aromatic N) is 2. The van der Waals surface area contributed by atoms with Gasteiger partial charge in [-0.1, -0.05) is 0 Å². The Morgan fingerprint density at radius 2 is 2.31 bits per heavy atom. The van der Waals surface area contributed by atoms with Gasteiger partial charge < -0.3 is 11.1 Å². The van der Waals surface area contributed by atoms with Crippen molar-refractivity contribution < 1.29 is 4.92 Å². The number of halogens is 1. The molecule has 1 aromatic rings. The Morgan fingerprint density at radius 1 is 1.69 bits per heavy atom. The van der Waals surface area contributed by atoms with Gasteiger partial charge in [0.25, 0.3) is 5.69 Å². The van der Waals surface area contributed by atoms with Crippen LogP contribution in [0.2, 0.25) is 0 Å². The number of pyridine rings is 1. The van der Waals surface area contributed by atoms with Crippen molar-refractivity contribution in [2.24, 2.45) is 5.73 Å². The van der Waals surface area contributed by atoms with E-state index < -0.39 is 4.92 Å². The molecule has 0 unspecified atom stereocenters. The Balaban J connectivity index is 2.80. The zero-order valence-electron chi connectivity index (χ0n) is 9.03. The van der Waals surface area contributed by atoms with Crippen LogP contribution in [0.25, 0.3) is 0 Å². The number of rotatable bonds is 4. The molecule has 0 bridgehead atoms. The maximum atomic E-state index is 10.5. The van der Waals surface area contributed by atoms with E-state index in [1.54, 1.807) is 0 Å². The second kappa shape index (κ2) is 4.75. The van der Waals surface area contributed by atoms with Gasteiger partial charge in [0.05, 0.1) is 9.40 Å². The van der Waals surface area contributed by atoms with Crippen molar-refractivity contribution in [1.29, 1.82) is 0 Å². The zero-order chi connectivity index (χ0) is 12.3. The van der Waals surface area contributed by atoms with Crippen LogP contribution in [0.3, 0.4) is 0 Å². The lowest BCUT2D eigenvalue weighted by Crippen LogP contribution is -2.39. The molecule has 1 heterocycles. The third kappa shape index (κ3) is 3.74. The van der Waals surface area contributed by atoms with Crippen LogP contribution in [0.1, 0.15) is 13.8 Å². The van der Waals surface area contributed by atoms with Gasteiger partial charge in [-0.05, 0) is 29.8 Å². The summed E-state index contributed by atoms with van der Waals surface area (Å²) in [5.74, 6) is 0.545. The predicted molar refractivity (Wildman–Crippen MR) is 65.3 cm³/mol. The molecule has 88 valence electrons. The van der Waals surface area contributed by atoms with Crippen LogP contribution in [-0.2, 0) is 0 Å². The fourth-order valence-corrected chi connectivity index (χ4v) is 1.45. The average Bonchev–Trinajstić information content (AvgIpc) is 2.14. The van der Waals surface area contributed by atoms with E-state index in [2.05, 4.69) is 26.2 Å². The predicted octanol–water partition coefficient (Wildman–Crippen LogP) is 1.90. The van der Waals surface area contributed by atoms with E-state index >= 15 is 0 Å². The highest BCUT2D eigenvalue weighted by atomic mass is 79.9.